The molecule has 0 fully saturated rings. The van der Waals surface area contributed by atoms with E-state index in [1.165, 1.54) is 4.90 Å². The summed E-state index contributed by atoms with van der Waals surface area (Å²) in [4.78, 5) is 26.6. The van der Waals surface area contributed by atoms with Crippen molar-refractivity contribution >= 4 is 23.4 Å². The van der Waals surface area contributed by atoms with E-state index in [1.807, 2.05) is 44.2 Å². The van der Waals surface area contributed by atoms with Gasteiger partial charge in [-0.1, -0.05) is 35.9 Å². The highest BCUT2D eigenvalue weighted by molar-refractivity contribution is 6.30. The summed E-state index contributed by atoms with van der Waals surface area (Å²) in [6.45, 7) is 6.14. The number of amides is 2. The molecular formula is C21H25ClN2O3. The molecule has 0 saturated carbocycles. The zero-order chi connectivity index (χ0) is 19.8. The summed E-state index contributed by atoms with van der Waals surface area (Å²) >= 11 is 6.05. The van der Waals surface area contributed by atoms with Gasteiger partial charge in [-0.15, -0.1) is 0 Å². The van der Waals surface area contributed by atoms with Gasteiger partial charge < -0.3 is 15.0 Å². The molecule has 0 heterocycles. The Bertz CT molecular complexity index is 795. The summed E-state index contributed by atoms with van der Waals surface area (Å²) in [5.41, 5.74) is 1.90. The van der Waals surface area contributed by atoms with Crippen LogP contribution in [0.5, 0.6) is 5.75 Å². The van der Waals surface area contributed by atoms with E-state index in [-0.39, 0.29) is 25.0 Å². The Morgan fingerprint density at radius 3 is 2.59 bits per heavy atom. The maximum Gasteiger partial charge on any atom is 0.261 e. The number of hydrogen-bond donors (Lipinski definition) is 1. The first-order valence-corrected chi connectivity index (χ1v) is 9.29. The smallest absolute Gasteiger partial charge is 0.261 e. The number of nitrogens with one attached hydrogen (secondary N) is 1. The van der Waals surface area contributed by atoms with Crippen LogP contribution in [0.2, 0.25) is 5.02 Å². The van der Waals surface area contributed by atoms with Crippen molar-refractivity contribution in [2.45, 2.75) is 33.4 Å². The van der Waals surface area contributed by atoms with E-state index in [4.69, 9.17) is 16.3 Å². The second-order valence-corrected chi connectivity index (χ2v) is 6.76. The molecule has 0 bridgehead atoms. The van der Waals surface area contributed by atoms with Gasteiger partial charge in [-0.05, 0) is 56.2 Å². The van der Waals surface area contributed by atoms with Crippen LogP contribution >= 0.6 is 11.6 Å². The molecule has 0 aliphatic heterocycles. The molecule has 0 aromatic heterocycles. The van der Waals surface area contributed by atoms with E-state index in [1.54, 1.807) is 25.1 Å². The Morgan fingerprint density at radius 1 is 1.19 bits per heavy atom. The van der Waals surface area contributed by atoms with Crippen LogP contribution in [0.25, 0.3) is 0 Å². The van der Waals surface area contributed by atoms with Crippen LogP contribution in [-0.4, -0.2) is 35.9 Å². The first kappa shape index (κ1) is 20.8. The zero-order valence-corrected chi connectivity index (χ0v) is 16.6. The quantitative estimate of drug-likeness (QED) is 0.751. The Kier molecular flexibility index (Phi) is 7.67. The van der Waals surface area contributed by atoms with Gasteiger partial charge in [-0.25, -0.2) is 0 Å². The van der Waals surface area contributed by atoms with Crippen LogP contribution in [0.4, 0.5) is 0 Å². The fourth-order valence-electron chi connectivity index (χ4n) is 2.67. The van der Waals surface area contributed by atoms with Gasteiger partial charge in [0, 0.05) is 18.1 Å². The van der Waals surface area contributed by atoms with E-state index in [0.717, 1.165) is 11.1 Å². The fraction of sp³-hybridized carbons (Fsp3) is 0.333. The lowest BCUT2D eigenvalue weighted by atomic mass is 10.1. The van der Waals surface area contributed by atoms with Gasteiger partial charge in [0.15, 0.2) is 6.61 Å². The third kappa shape index (κ3) is 6.29. The molecule has 0 radical (unpaired) electrons. The van der Waals surface area contributed by atoms with E-state index in [9.17, 15) is 9.59 Å². The van der Waals surface area contributed by atoms with Gasteiger partial charge in [0.1, 0.15) is 11.8 Å². The number of benzene rings is 2. The number of ether oxygens (including phenoxy) is 1. The minimum absolute atomic E-state index is 0.145. The summed E-state index contributed by atoms with van der Waals surface area (Å²) < 4.78 is 5.63. The van der Waals surface area contributed by atoms with Gasteiger partial charge in [0.2, 0.25) is 5.91 Å². The van der Waals surface area contributed by atoms with E-state index >= 15 is 0 Å². The van der Waals surface area contributed by atoms with Crippen LogP contribution in [0, 0.1) is 6.92 Å². The first-order chi connectivity index (χ1) is 12.9. The Balaban J connectivity index is 2.14. The van der Waals surface area contributed by atoms with Crippen molar-refractivity contribution in [3.05, 3.63) is 64.7 Å². The predicted molar refractivity (Wildman–Crippen MR) is 107 cm³/mol. The monoisotopic (exact) mass is 388 g/mol. The topological polar surface area (TPSA) is 58.6 Å². The average Bonchev–Trinajstić information content (AvgIpc) is 2.64. The summed E-state index contributed by atoms with van der Waals surface area (Å²) in [6, 6.07) is 14.1. The van der Waals surface area contributed by atoms with Crippen LogP contribution in [-0.2, 0) is 16.1 Å². The summed E-state index contributed by atoms with van der Waals surface area (Å²) in [6.07, 6.45) is 0. The van der Waals surface area contributed by atoms with Crippen molar-refractivity contribution in [3.63, 3.8) is 0 Å². The van der Waals surface area contributed by atoms with Gasteiger partial charge >= 0.3 is 0 Å². The number of rotatable bonds is 8. The van der Waals surface area contributed by atoms with Crippen LogP contribution in [0.1, 0.15) is 25.0 Å². The largest absolute Gasteiger partial charge is 0.484 e. The molecule has 0 spiro atoms. The van der Waals surface area contributed by atoms with Crippen molar-refractivity contribution in [1.29, 1.82) is 0 Å². The fourth-order valence-corrected chi connectivity index (χ4v) is 2.88. The summed E-state index contributed by atoms with van der Waals surface area (Å²) in [5.74, 6) is 0.149. The number of carbonyl (C=O) groups is 2. The second kappa shape index (κ2) is 9.97. The number of halogens is 1. The van der Waals surface area contributed by atoms with Gasteiger partial charge in [0.25, 0.3) is 5.91 Å². The maximum absolute atomic E-state index is 12.8. The highest BCUT2D eigenvalue weighted by Crippen LogP contribution is 2.16. The number of nitrogens with zero attached hydrogens (tertiary/aromatic N) is 1. The molecule has 2 amide bonds. The highest BCUT2D eigenvalue weighted by Gasteiger charge is 2.26. The number of carbonyl (C=O) groups excluding carboxylic acids is 2. The molecule has 1 unspecified atom stereocenters. The van der Waals surface area contributed by atoms with Crippen LogP contribution in [0.3, 0.4) is 0 Å². The molecule has 2 rings (SSSR count). The zero-order valence-electron chi connectivity index (χ0n) is 15.9. The second-order valence-electron chi connectivity index (χ2n) is 6.33. The maximum atomic E-state index is 12.8. The SMILES string of the molecule is CCNC(=O)C(C)N(Cc1cccc(Cl)c1)C(=O)COc1cccc(C)c1. The van der Waals surface area contributed by atoms with Crippen molar-refractivity contribution in [2.24, 2.45) is 0 Å². The summed E-state index contributed by atoms with van der Waals surface area (Å²) in [5, 5.41) is 3.34. The highest BCUT2D eigenvalue weighted by atomic mass is 35.5. The average molecular weight is 389 g/mol. The lowest BCUT2D eigenvalue weighted by Crippen LogP contribution is -2.49. The van der Waals surface area contributed by atoms with Crippen molar-refractivity contribution in [3.8, 4) is 5.75 Å². The number of hydrogen-bond acceptors (Lipinski definition) is 3. The molecule has 5 nitrogen and oxygen atoms in total. The Morgan fingerprint density at radius 2 is 1.93 bits per heavy atom. The van der Waals surface area contributed by atoms with Gasteiger partial charge in [0.05, 0.1) is 0 Å². The molecule has 0 aliphatic carbocycles. The molecule has 6 heteroatoms. The third-order valence-corrected chi connectivity index (χ3v) is 4.35. The standard InChI is InChI=1S/C21H25ClN2O3/c1-4-23-21(26)16(3)24(13-17-8-6-9-18(22)12-17)20(25)14-27-19-10-5-7-15(2)11-19/h5-12,16H,4,13-14H2,1-3H3,(H,23,26). The molecule has 27 heavy (non-hydrogen) atoms. The van der Waals surface area contributed by atoms with Crippen LogP contribution in [0.15, 0.2) is 48.5 Å². The molecular weight excluding hydrogens is 364 g/mol. The number of likely N-dealkylation sites (N-methyl/N-ethyl adjacent to an activating group) is 1. The molecule has 0 saturated heterocycles. The molecule has 1 N–H and O–H groups in total. The first-order valence-electron chi connectivity index (χ1n) is 8.91. The van der Waals surface area contributed by atoms with E-state index < -0.39 is 6.04 Å². The van der Waals surface area contributed by atoms with E-state index in [0.29, 0.717) is 17.3 Å². The lowest BCUT2D eigenvalue weighted by molar-refractivity contribution is -0.142. The normalized spacial score (nSPS) is 11.6. The molecule has 2 aromatic carbocycles. The van der Waals surface area contributed by atoms with Crippen molar-refractivity contribution in [1.82, 2.24) is 10.2 Å². The molecule has 1 atom stereocenters. The predicted octanol–water partition coefficient (Wildman–Crippen LogP) is 3.58. The molecule has 2 aromatic rings. The lowest BCUT2D eigenvalue weighted by Gasteiger charge is -2.28. The minimum atomic E-state index is -0.627. The van der Waals surface area contributed by atoms with Crippen LogP contribution < -0.4 is 10.1 Å². The molecule has 0 aliphatic rings. The van der Waals surface area contributed by atoms with Crippen molar-refractivity contribution in [2.75, 3.05) is 13.2 Å². The van der Waals surface area contributed by atoms with Gasteiger partial charge in [-0.3, -0.25) is 9.59 Å². The van der Waals surface area contributed by atoms with Crippen molar-refractivity contribution < 1.29 is 14.3 Å². The van der Waals surface area contributed by atoms with E-state index in [2.05, 4.69) is 5.32 Å². The molecule has 144 valence electrons. The summed E-state index contributed by atoms with van der Waals surface area (Å²) in [7, 11) is 0. The Labute approximate surface area is 165 Å². The number of aryl methyl sites for hydroxylation is 1. The minimum Gasteiger partial charge on any atom is -0.484 e. The third-order valence-electron chi connectivity index (χ3n) is 4.11. The van der Waals surface area contributed by atoms with Gasteiger partial charge in [-0.2, -0.15) is 0 Å². The Hall–Kier alpha value is -2.53.